The molecular formula is C12H23N3OS. The van der Waals surface area contributed by atoms with Crippen LogP contribution in [0.2, 0.25) is 0 Å². The number of hydrogen-bond donors (Lipinski definition) is 2. The van der Waals surface area contributed by atoms with Crippen LogP contribution in [0.1, 0.15) is 12.8 Å². The Bertz CT molecular complexity index is 240. The maximum Gasteiger partial charge on any atom is 0.234 e. The predicted octanol–water partition coefficient (Wildman–Crippen LogP) is 0.445. The van der Waals surface area contributed by atoms with Gasteiger partial charge in [-0.05, 0) is 12.8 Å². The number of thioether (sulfide) groups is 1. The summed E-state index contributed by atoms with van der Waals surface area (Å²) in [5.41, 5.74) is 5.82. The van der Waals surface area contributed by atoms with Crippen molar-refractivity contribution >= 4 is 17.7 Å². The third-order valence-electron chi connectivity index (χ3n) is 2.80. The molecule has 0 atom stereocenters. The second kappa shape index (κ2) is 8.55. The van der Waals surface area contributed by atoms with Crippen molar-refractivity contribution in [2.75, 3.05) is 37.7 Å². The molecule has 1 amide bonds. The number of likely N-dealkylation sites (tertiary alicyclic amines) is 1. The van der Waals surface area contributed by atoms with Crippen molar-refractivity contribution in [3.05, 3.63) is 12.7 Å². The third kappa shape index (κ3) is 6.71. The first kappa shape index (κ1) is 14.5. The summed E-state index contributed by atoms with van der Waals surface area (Å²) in [6, 6.07) is 0.324. The molecule has 1 rings (SSSR count). The van der Waals surface area contributed by atoms with E-state index in [1.165, 1.54) is 0 Å². The Morgan fingerprint density at radius 3 is 2.88 bits per heavy atom. The Morgan fingerprint density at radius 2 is 2.24 bits per heavy atom. The monoisotopic (exact) mass is 257 g/mol. The van der Waals surface area contributed by atoms with Gasteiger partial charge in [0.15, 0.2) is 0 Å². The van der Waals surface area contributed by atoms with Gasteiger partial charge in [0.25, 0.3) is 0 Å². The molecular weight excluding hydrogens is 234 g/mol. The second-order valence-electron chi connectivity index (χ2n) is 4.33. The smallest absolute Gasteiger partial charge is 0.234 e. The van der Waals surface area contributed by atoms with Gasteiger partial charge in [-0.1, -0.05) is 6.08 Å². The fourth-order valence-electron chi connectivity index (χ4n) is 1.80. The van der Waals surface area contributed by atoms with E-state index in [0.29, 0.717) is 12.6 Å². The summed E-state index contributed by atoms with van der Waals surface area (Å²) in [5, 5.41) is 2.93. The zero-order chi connectivity index (χ0) is 12.5. The van der Waals surface area contributed by atoms with Gasteiger partial charge in [-0.25, -0.2) is 0 Å². The van der Waals surface area contributed by atoms with Gasteiger partial charge in [-0.2, -0.15) is 11.8 Å². The molecule has 0 bridgehead atoms. The van der Waals surface area contributed by atoms with Crippen LogP contribution in [0.25, 0.3) is 0 Å². The average Bonchev–Trinajstić information content (AvgIpc) is 2.32. The lowest BCUT2D eigenvalue weighted by Crippen LogP contribution is -2.44. The van der Waals surface area contributed by atoms with E-state index in [1.807, 2.05) is 6.08 Å². The standard InChI is InChI=1S/C12H23N3OS/c1-2-8-17-9-5-14-12(16)10-15-6-3-11(13)4-7-15/h2,11H,1,3-10,13H2,(H,14,16). The quantitative estimate of drug-likeness (QED) is 0.513. The van der Waals surface area contributed by atoms with E-state index >= 15 is 0 Å². The summed E-state index contributed by atoms with van der Waals surface area (Å²) in [6.45, 7) is 6.79. The summed E-state index contributed by atoms with van der Waals surface area (Å²) in [6.07, 6.45) is 3.88. The van der Waals surface area contributed by atoms with Gasteiger partial charge in [0.1, 0.15) is 0 Å². The van der Waals surface area contributed by atoms with Crippen LogP contribution in [0.3, 0.4) is 0 Å². The van der Waals surface area contributed by atoms with Crippen molar-refractivity contribution in [1.29, 1.82) is 0 Å². The number of amides is 1. The molecule has 5 heteroatoms. The highest BCUT2D eigenvalue weighted by Crippen LogP contribution is 2.07. The van der Waals surface area contributed by atoms with Crippen LogP contribution in [-0.4, -0.2) is 54.5 Å². The highest BCUT2D eigenvalue weighted by Gasteiger charge is 2.17. The summed E-state index contributed by atoms with van der Waals surface area (Å²) < 4.78 is 0. The molecule has 1 fully saturated rings. The SMILES string of the molecule is C=CCSCCNC(=O)CN1CCC(N)CC1. The highest BCUT2D eigenvalue weighted by molar-refractivity contribution is 7.99. The van der Waals surface area contributed by atoms with Crippen molar-refractivity contribution in [2.45, 2.75) is 18.9 Å². The molecule has 1 aliphatic rings. The maximum absolute atomic E-state index is 11.6. The van der Waals surface area contributed by atoms with E-state index in [2.05, 4.69) is 16.8 Å². The molecule has 0 aromatic carbocycles. The number of carbonyl (C=O) groups is 1. The number of nitrogens with zero attached hydrogens (tertiary/aromatic N) is 1. The molecule has 98 valence electrons. The molecule has 0 radical (unpaired) electrons. The van der Waals surface area contributed by atoms with E-state index in [0.717, 1.165) is 44.0 Å². The number of carbonyl (C=O) groups excluding carboxylic acids is 1. The number of piperidine rings is 1. The molecule has 0 aliphatic carbocycles. The first-order valence-electron chi connectivity index (χ1n) is 6.15. The molecule has 0 saturated carbocycles. The molecule has 4 nitrogen and oxygen atoms in total. The van der Waals surface area contributed by atoms with Gasteiger partial charge in [0.2, 0.25) is 5.91 Å². The molecule has 0 aromatic rings. The minimum atomic E-state index is 0.125. The average molecular weight is 257 g/mol. The van der Waals surface area contributed by atoms with Crippen LogP contribution in [-0.2, 0) is 4.79 Å². The number of hydrogen-bond acceptors (Lipinski definition) is 4. The van der Waals surface area contributed by atoms with E-state index in [-0.39, 0.29) is 5.91 Å². The van der Waals surface area contributed by atoms with Crippen molar-refractivity contribution in [2.24, 2.45) is 5.73 Å². The third-order valence-corrected chi connectivity index (χ3v) is 3.77. The van der Waals surface area contributed by atoms with Gasteiger partial charge in [-0.3, -0.25) is 9.69 Å². The van der Waals surface area contributed by atoms with Gasteiger partial charge >= 0.3 is 0 Å². The van der Waals surface area contributed by atoms with Crippen LogP contribution in [0, 0.1) is 0 Å². The zero-order valence-electron chi connectivity index (χ0n) is 10.4. The van der Waals surface area contributed by atoms with Gasteiger partial charge in [0, 0.05) is 37.2 Å². The lowest BCUT2D eigenvalue weighted by molar-refractivity contribution is -0.122. The summed E-state index contributed by atoms with van der Waals surface area (Å²) >= 11 is 1.78. The van der Waals surface area contributed by atoms with Crippen molar-refractivity contribution in [3.8, 4) is 0 Å². The van der Waals surface area contributed by atoms with Gasteiger partial charge in [0.05, 0.1) is 6.54 Å². The molecule has 1 saturated heterocycles. The van der Waals surface area contributed by atoms with Crippen molar-refractivity contribution in [3.63, 3.8) is 0 Å². The van der Waals surface area contributed by atoms with Crippen molar-refractivity contribution < 1.29 is 4.79 Å². The Hall–Kier alpha value is -0.520. The Labute approximate surface area is 108 Å². The molecule has 17 heavy (non-hydrogen) atoms. The molecule has 3 N–H and O–H groups in total. The maximum atomic E-state index is 11.6. The van der Waals surface area contributed by atoms with E-state index < -0.39 is 0 Å². The number of nitrogens with one attached hydrogen (secondary N) is 1. The minimum Gasteiger partial charge on any atom is -0.354 e. The summed E-state index contributed by atoms with van der Waals surface area (Å²) in [4.78, 5) is 13.8. The highest BCUT2D eigenvalue weighted by atomic mass is 32.2. The second-order valence-corrected chi connectivity index (χ2v) is 5.48. The fraction of sp³-hybridized carbons (Fsp3) is 0.750. The molecule has 1 heterocycles. The number of nitrogens with two attached hydrogens (primary N) is 1. The minimum absolute atomic E-state index is 0.125. The van der Waals surface area contributed by atoms with E-state index in [9.17, 15) is 4.79 Å². The van der Waals surface area contributed by atoms with Gasteiger partial charge < -0.3 is 11.1 Å². The molecule has 0 spiro atoms. The van der Waals surface area contributed by atoms with Crippen LogP contribution in [0.15, 0.2) is 12.7 Å². The molecule has 1 aliphatic heterocycles. The topological polar surface area (TPSA) is 58.4 Å². The Kier molecular flexibility index (Phi) is 7.32. The van der Waals surface area contributed by atoms with E-state index in [1.54, 1.807) is 11.8 Å². The number of rotatable bonds is 7. The molecule has 0 unspecified atom stereocenters. The predicted molar refractivity (Wildman–Crippen MR) is 74.2 cm³/mol. The largest absolute Gasteiger partial charge is 0.354 e. The van der Waals surface area contributed by atoms with E-state index in [4.69, 9.17) is 5.73 Å². The normalized spacial score (nSPS) is 17.9. The lowest BCUT2D eigenvalue weighted by Gasteiger charge is -2.29. The van der Waals surface area contributed by atoms with Crippen LogP contribution in [0.5, 0.6) is 0 Å². The van der Waals surface area contributed by atoms with Gasteiger partial charge in [-0.15, -0.1) is 6.58 Å². The first-order chi connectivity index (χ1) is 8.22. The zero-order valence-corrected chi connectivity index (χ0v) is 11.2. The van der Waals surface area contributed by atoms with Crippen LogP contribution in [0.4, 0.5) is 0 Å². The Balaban J connectivity index is 2.02. The van der Waals surface area contributed by atoms with Crippen LogP contribution < -0.4 is 11.1 Å². The van der Waals surface area contributed by atoms with Crippen molar-refractivity contribution in [1.82, 2.24) is 10.2 Å². The summed E-state index contributed by atoms with van der Waals surface area (Å²) in [5.74, 6) is 2.02. The Morgan fingerprint density at radius 1 is 1.53 bits per heavy atom. The fourth-order valence-corrected chi connectivity index (χ4v) is 2.38. The molecule has 0 aromatic heterocycles. The first-order valence-corrected chi connectivity index (χ1v) is 7.31. The summed E-state index contributed by atoms with van der Waals surface area (Å²) in [7, 11) is 0. The lowest BCUT2D eigenvalue weighted by atomic mass is 10.1. The van der Waals surface area contributed by atoms with Crippen LogP contribution >= 0.6 is 11.8 Å².